The fraction of sp³-hybridized carbons (Fsp3) is 0.500. The maximum absolute atomic E-state index is 11.0. The lowest BCUT2D eigenvalue weighted by Crippen LogP contribution is -2.20. The summed E-state index contributed by atoms with van der Waals surface area (Å²) in [6, 6.07) is 2.75. The molecule has 1 rings (SSSR count). The molecule has 7 heteroatoms. The highest BCUT2D eigenvalue weighted by molar-refractivity contribution is 5.58. The van der Waals surface area contributed by atoms with Gasteiger partial charge in [0.2, 0.25) is 5.75 Å². The van der Waals surface area contributed by atoms with Crippen LogP contribution in [0.15, 0.2) is 12.1 Å². The number of nitro benzene ring substituents is 1. The Hall–Kier alpha value is -2.02. The molecular weight excluding hydrogens is 252 g/mol. The zero-order valence-electron chi connectivity index (χ0n) is 11.3. The van der Waals surface area contributed by atoms with Gasteiger partial charge in [0.25, 0.3) is 0 Å². The number of nitrogens with zero attached hydrogens (tertiary/aromatic N) is 1. The summed E-state index contributed by atoms with van der Waals surface area (Å²) in [5, 5.41) is 14.1. The van der Waals surface area contributed by atoms with Crippen molar-refractivity contribution in [3.05, 3.63) is 22.2 Å². The van der Waals surface area contributed by atoms with Crippen LogP contribution in [-0.2, 0) is 0 Å². The quantitative estimate of drug-likeness (QED) is 0.439. The van der Waals surface area contributed by atoms with Crippen molar-refractivity contribution in [3.63, 3.8) is 0 Å². The number of nitro groups is 1. The normalized spacial score (nSPS) is 10.1. The largest absolute Gasteiger partial charge is 0.493 e. The van der Waals surface area contributed by atoms with Crippen molar-refractivity contribution < 1.29 is 19.1 Å². The molecule has 0 radical (unpaired) electrons. The molecule has 0 unspecified atom stereocenters. The first-order valence-corrected chi connectivity index (χ1v) is 5.88. The summed E-state index contributed by atoms with van der Waals surface area (Å²) in [6.07, 6.45) is 0. The van der Waals surface area contributed by atoms with E-state index in [1.54, 1.807) is 0 Å². The smallest absolute Gasteiger partial charge is 0.314 e. The molecule has 19 heavy (non-hydrogen) atoms. The molecule has 0 spiro atoms. The Labute approximate surface area is 111 Å². The molecular formula is C12H18N2O5. The van der Waals surface area contributed by atoms with Crippen LogP contribution in [0.3, 0.4) is 0 Å². The van der Waals surface area contributed by atoms with Crippen molar-refractivity contribution in [3.8, 4) is 17.2 Å². The fourth-order valence-corrected chi connectivity index (χ4v) is 1.52. The van der Waals surface area contributed by atoms with Crippen LogP contribution in [0.25, 0.3) is 0 Å². The topological polar surface area (TPSA) is 82.9 Å². The van der Waals surface area contributed by atoms with Gasteiger partial charge in [0.15, 0.2) is 11.5 Å². The van der Waals surface area contributed by atoms with Crippen LogP contribution in [0.4, 0.5) is 5.69 Å². The minimum atomic E-state index is -0.509. The van der Waals surface area contributed by atoms with Crippen molar-refractivity contribution in [2.75, 3.05) is 33.9 Å². The van der Waals surface area contributed by atoms with Gasteiger partial charge >= 0.3 is 5.69 Å². The van der Waals surface area contributed by atoms with E-state index in [0.717, 1.165) is 6.54 Å². The fourth-order valence-electron chi connectivity index (χ4n) is 1.52. The van der Waals surface area contributed by atoms with Gasteiger partial charge in [-0.25, -0.2) is 0 Å². The summed E-state index contributed by atoms with van der Waals surface area (Å²) in [4.78, 5) is 10.5. The standard InChI is InChI=1S/C12H18N2O5/c1-4-13-5-6-19-10-8-12(18-3)11(17-2)7-9(10)14(15)16/h7-8,13H,4-6H2,1-3H3. The Bertz CT molecular complexity index is 436. The SMILES string of the molecule is CCNCCOc1cc(OC)c(OC)cc1[N+](=O)[O-]. The highest BCUT2D eigenvalue weighted by Gasteiger charge is 2.20. The minimum absolute atomic E-state index is 0.144. The van der Waals surface area contributed by atoms with Crippen molar-refractivity contribution in [1.82, 2.24) is 5.32 Å². The molecule has 0 atom stereocenters. The Morgan fingerprint density at radius 2 is 1.84 bits per heavy atom. The zero-order chi connectivity index (χ0) is 14.3. The van der Waals surface area contributed by atoms with Gasteiger partial charge < -0.3 is 19.5 Å². The number of hydrogen-bond donors (Lipinski definition) is 1. The third-order valence-electron chi connectivity index (χ3n) is 2.45. The number of benzene rings is 1. The van der Waals surface area contributed by atoms with Gasteiger partial charge in [0.1, 0.15) is 6.61 Å². The van der Waals surface area contributed by atoms with Gasteiger partial charge in [-0.05, 0) is 6.54 Å². The van der Waals surface area contributed by atoms with Gasteiger partial charge in [0.05, 0.1) is 25.2 Å². The third-order valence-corrected chi connectivity index (χ3v) is 2.45. The van der Waals surface area contributed by atoms with Gasteiger partial charge in [0, 0.05) is 12.6 Å². The number of methoxy groups -OCH3 is 2. The lowest BCUT2D eigenvalue weighted by molar-refractivity contribution is -0.385. The van der Waals surface area contributed by atoms with Crippen LogP contribution in [0.5, 0.6) is 17.2 Å². The van der Waals surface area contributed by atoms with Crippen molar-refractivity contribution >= 4 is 5.69 Å². The second-order valence-electron chi connectivity index (χ2n) is 3.63. The van der Waals surface area contributed by atoms with Gasteiger partial charge in [-0.2, -0.15) is 0 Å². The Morgan fingerprint density at radius 3 is 2.37 bits per heavy atom. The van der Waals surface area contributed by atoms with Crippen molar-refractivity contribution in [2.24, 2.45) is 0 Å². The van der Waals surface area contributed by atoms with Crippen LogP contribution >= 0.6 is 0 Å². The third kappa shape index (κ3) is 3.99. The number of likely N-dealkylation sites (N-methyl/N-ethyl adjacent to an activating group) is 1. The average molecular weight is 270 g/mol. The Morgan fingerprint density at radius 1 is 1.21 bits per heavy atom. The Kier molecular flexibility index (Phi) is 5.87. The van der Waals surface area contributed by atoms with Crippen LogP contribution in [0, 0.1) is 10.1 Å². The lowest BCUT2D eigenvalue weighted by atomic mass is 10.2. The zero-order valence-corrected chi connectivity index (χ0v) is 11.3. The highest BCUT2D eigenvalue weighted by atomic mass is 16.6. The van der Waals surface area contributed by atoms with Crippen molar-refractivity contribution in [1.29, 1.82) is 0 Å². The van der Waals surface area contributed by atoms with Crippen LogP contribution < -0.4 is 19.5 Å². The monoisotopic (exact) mass is 270 g/mol. The number of rotatable bonds is 8. The summed E-state index contributed by atoms with van der Waals surface area (Å²) in [5.74, 6) is 0.861. The molecule has 0 aliphatic carbocycles. The van der Waals surface area contributed by atoms with Crippen LogP contribution in [0.1, 0.15) is 6.92 Å². The first-order valence-electron chi connectivity index (χ1n) is 5.88. The van der Waals surface area contributed by atoms with E-state index >= 15 is 0 Å². The second kappa shape index (κ2) is 7.42. The molecule has 0 aliphatic heterocycles. The number of ether oxygens (including phenoxy) is 3. The number of hydrogen-bond acceptors (Lipinski definition) is 6. The van der Waals surface area contributed by atoms with E-state index in [2.05, 4.69) is 5.32 Å². The molecule has 0 saturated heterocycles. The maximum Gasteiger partial charge on any atom is 0.314 e. The lowest BCUT2D eigenvalue weighted by Gasteiger charge is -2.11. The van der Waals surface area contributed by atoms with Gasteiger partial charge in [-0.1, -0.05) is 6.92 Å². The first kappa shape index (κ1) is 15.0. The van der Waals surface area contributed by atoms with E-state index in [9.17, 15) is 10.1 Å². The summed E-state index contributed by atoms with van der Waals surface area (Å²) in [5.41, 5.74) is -0.144. The molecule has 106 valence electrons. The molecule has 0 aromatic heterocycles. The van der Waals surface area contributed by atoms with Crippen LogP contribution in [-0.4, -0.2) is 38.8 Å². The molecule has 0 heterocycles. The second-order valence-corrected chi connectivity index (χ2v) is 3.63. The highest BCUT2D eigenvalue weighted by Crippen LogP contribution is 2.38. The molecule has 7 nitrogen and oxygen atoms in total. The predicted molar refractivity (Wildman–Crippen MR) is 70.2 cm³/mol. The minimum Gasteiger partial charge on any atom is -0.493 e. The van der Waals surface area contributed by atoms with E-state index in [1.807, 2.05) is 6.92 Å². The summed E-state index contributed by atoms with van der Waals surface area (Å²) >= 11 is 0. The average Bonchev–Trinajstić information content (AvgIpc) is 2.42. The summed E-state index contributed by atoms with van der Waals surface area (Å²) in [7, 11) is 2.89. The molecule has 1 N–H and O–H groups in total. The number of nitrogens with one attached hydrogen (secondary N) is 1. The first-order chi connectivity index (χ1) is 9.13. The molecule has 0 amide bonds. The van der Waals surface area contributed by atoms with Crippen LogP contribution in [0.2, 0.25) is 0 Å². The predicted octanol–water partition coefficient (Wildman–Crippen LogP) is 1.60. The van der Waals surface area contributed by atoms with E-state index in [0.29, 0.717) is 24.7 Å². The van der Waals surface area contributed by atoms with Gasteiger partial charge in [-0.15, -0.1) is 0 Å². The van der Waals surface area contributed by atoms with E-state index < -0.39 is 4.92 Å². The van der Waals surface area contributed by atoms with Gasteiger partial charge in [-0.3, -0.25) is 10.1 Å². The molecule has 0 saturated carbocycles. The van der Waals surface area contributed by atoms with E-state index in [-0.39, 0.29) is 11.4 Å². The molecule has 0 fully saturated rings. The molecule has 1 aromatic rings. The summed E-state index contributed by atoms with van der Waals surface area (Å²) in [6.45, 7) is 3.74. The van der Waals surface area contributed by atoms with E-state index in [4.69, 9.17) is 14.2 Å². The maximum atomic E-state index is 11.0. The van der Waals surface area contributed by atoms with Crippen molar-refractivity contribution in [2.45, 2.75) is 6.92 Å². The molecule has 1 aromatic carbocycles. The Balaban J connectivity index is 2.96. The molecule has 0 aliphatic rings. The molecule has 0 bridgehead atoms. The van der Waals surface area contributed by atoms with E-state index in [1.165, 1.54) is 26.4 Å². The summed E-state index contributed by atoms with van der Waals surface area (Å²) < 4.78 is 15.5.